The van der Waals surface area contributed by atoms with E-state index in [2.05, 4.69) is 34.2 Å². The minimum Gasteiger partial charge on any atom is -0.444 e. The molecular weight excluding hydrogens is 330 g/mol. The van der Waals surface area contributed by atoms with Gasteiger partial charge in [0, 0.05) is 17.6 Å². The van der Waals surface area contributed by atoms with Crippen LogP contribution in [0.4, 0.5) is 4.79 Å². The molecule has 0 spiro atoms. The highest BCUT2D eigenvalue weighted by Crippen LogP contribution is 2.31. The normalized spacial score (nSPS) is 19.3. The fraction of sp³-hybridized carbons (Fsp3) is 0.588. The van der Waals surface area contributed by atoms with Crippen molar-refractivity contribution >= 4 is 22.0 Å². The molecule has 0 N–H and O–H groups in total. The van der Waals surface area contributed by atoms with E-state index in [0.29, 0.717) is 0 Å². The maximum atomic E-state index is 12.0. The Balaban J connectivity index is 1.95. The lowest BCUT2D eigenvalue weighted by atomic mass is 9.98. The van der Waals surface area contributed by atoms with Gasteiger partial charge in [-0.3, -0.25) is 0 Å². The van der Waals surface area contributed by atoms with Crippen molar-refractivity contribution in [2.45, 2.75) is 52.1 Å². The third-order valence-electron chi connectivity index (χ3n) is 3.58. The Morgan fingerprint density at radius 2 is 1.90 bits per heavy atom. The predicted molar refractivity (Wildman–Crippen MR) is 89.5 cm³/mol. The van der Waals surface area contributed by atoms with Gasteiger partial charge in [0.25, 0.3) is 0 Å². The van der Waals surface area contributed by atoms with E-state index in [4.69, 9.17) is 4.74 Å². The van der Waals surface area contributed by atoms with Crippen molar-refractivity contribution in [1.29, 1.82) is 0 Å². The first-order chi connectivity index (χ1) is 9.87. The van der Waals surface area contributed by atoms with Crippen LogP contribution in [0.1, 0.15) is 46.5 Å². The maximum absolute atomic E-state index is 12.0. The summed E-state index contributed by atoms with van der Waals surface area (Å²) in [5.41, 5.74) is 2.25. The van der Waals surface area contributed by atoms with Gasteiger partial charge in [-0.05, 0) is 52.0 Å². The van der Waals surface area contributed by atoms with Gasteiger partial charge < -0.3 is 9.64 Å². The molecule has 1 aliphatic carbocycles. The zero-order valence-corrected chi connectivity index (χ0v) is 14.7. The fourth-order valence-electron chi connectivity index (χ4n) is 2.49. The Morgan fingerprint density at radius 3 is 2.43 bits per heavy atom. The van der Waals surface area contributed by atoms with E-state index in [1.54, 1.807) is 4.90 Å². The highest BCUT2D eigenvalue weighted by Gasteiger charge is 2.25. The fourth-order valence-corrected chi connectivity index (χ4v) is 3.18. The molecule has 0 aromatic heterocycles. The van der Waals surface area contributed by atoms with E-state index in [1.165, 1.54) is 15.6 Å². The molecule has 0 bridgehead atoms. The van der Waals surface area contributed by atoms with Crippen molar-refractivity contribution in [3.05, 3.63) is 33.9 Å². The SMILES string of the molecule is CC(C)(C)OC(=O)N1CCC(=C(Br)C2=CCCC=C2)CC1. The number of halogens is 1. The number of allylic oxidation sites excluding steroid dienone is 5. The van der Waals surface area contributed by atoms with Gasteiger partial charge in [0.05, 0.1) is 0 Å². The summed E-state index contributed by atoms with van der Waals surface area (Å²) in [4.78, 5) is 13.9. The molecule has 1 amide bonds. The Bertz CT molecular complexity index is 487. The first-order valence-corrected chi connectivity index (χ1v) is 8.38. The van der Waals surface area contributed by atoms with Gasteiger partial charge >= 0.3 is 6.09 Å². The van der Waals surface area contributed by atoms with Crippen LogP contribution in [0, 0.1) is 0 Å². The van der Waals surface area contributed by atoms with Gasteiger partial charge in [-0.15, -0.1) is 0 Å². The molecule has 4 heteroatoms. The van der Waals surface area contributed by atoms with Crippen LogP contribution in [0.15, 0.2) is 33.9 Å². The first kappa shape index (κ1) is 16.3. The lowest BCUT2D eigenvalue weighted by Crippen LogP contribution is -2.40. The standard InChI is InChI=1S/C17H24BrNO2/c1-17(2,3)21-16(20)19-11-9-14(10-12-19)15(18)13-7-5-4-6-8-13/h5,7-8H,4,6,9-12H2,1-3H3. The zero-order valence-electron chi connectivity index (χ0n) is 13.1. The van der Waals surface area contributed by atoms with E-state index >= 15 is 0 Å². The topological polar surface area (TPSA) is 29.5 Å². The number of hydrogen-bond donors (Lipinski definition) is 0. The van der Waals surface area contributed by atoms with Crippen LogP contribution in [-0.2, 0) is 4.74 Å². The minimum atomic E-state index is -0.425. The molecule has 0 aromatic carbocycles. The van der Waals surface area contributed by atoms with Crippen molar-refractivity contribution in [2.24, 2.45) is 0 Å². The molecule has 1 aliphatic heterocycles. The monoisotopic (exact) mass is 353 g/mol. The Labute approximate surface area is 135 Å². The van der Waals surface area contributed by atoms with Crippen molar-refractivity contribution in [2.75, 3.05) is 13.1 Å². The molecule has 3 nitrogen and oxygen atoms in total. The minimum absolute atomic E-state index is 0.200. The second-order valence-electron chi connectivity index (χ2n) is 6.52. The second kappa shape index (κ2) is 6.82. The van der Waals surface area contributed by atoms with Gasteiger partial charge in [-0.1, -0.05) is 39.7 Å². The smallest absolute Gasteiger partial charge is 0.410 e. The van der Waals surface area contributed by atoms with E-state index in [1.807, 2.05) is 20.8 Å². The van der Waals surface area contributed by atoms with Crippen LogP contribution in [0.5, 0.6) is 0 Å². The summed E-state index contributed by atoms with van der Waals surface area (Å²) >= 11 is 3.73. The number of amides is 1. The van der Waals surface area contributed by atoms with Gasteiger partial charge in [0.1, 0.15) is 5.60 Å². The first-order valence-electron chi connectivity index (χ1n) is 7.59. The predicted octanol–water partition coefficient (Wildman–Crippen LogP) is 4.94. The van der Waals surface area contributed by atoms with E-state index in [0.717, 1.165) is 38.8 Å². The molecule has 2 rings (SSSR count). The zero-order chi connectivity index (χ0) is 15.5. The molecule has 0 radical (unpaired) electrons. The third kappa shape index (κ3) is 4.73. The number of rotatable bonds is 1. The summed E-state index contributed by atoms with van der Waals surface area (Å²) in [5.74, 6) is 0. The molecule has 21 heavy (non-hydrogen) atoms. The highest BCUT2D eigenvalue weighted by atomic mass is 79.9. The number of nitrogens with zero attached hydrogens (tertiary/aromatic N) is 1. The van der Waals surface area contributed by atoms with Gasteiger partial charge in [0.2, 0.25) is 0 Å². The maximum Gasteiger partial charge on any atom is 0.410 e. The third-order valence-corrected chi connectivity index (χ3v) is 4.60. The van der Waals surface area contributed by atoms with Crippen LogP contribution in [0.2, 0.25) is 0 Å². The molecule has 0 saturated carbocycles. The largest absolute Gasteiger partial charge is 0.444 e. The summed E-state index contributed by atoms with van der Waals surface area (Å²) in [6, 6.07) is 0. The summed E-state index contributed by atoms with van der Waals surface area (Å²) in [7, 11) is 0. The van der Waals surface area contributed by atoms with Crippen LogP contribution in [0.25, 0.3) is 0 Å². The average molecular weight is 354 g/mol. The number of likely N-dealkylation sites (tertiary alicyclic amines) is 1. The van der Waals surface area contributed by atoms with Crippen molar-refractivity contribution in [1.82, 2.24) is 4.90 Å². The van der Waals surface area contributed by atoms with Crippen molar-refractivity contribution in [3.63, 3.8) is 0 Å². The van der Waals surface area contributed by atoms with Gasteiger partial charge in [-0.25, -0.2) is 4.79 Å². The molecule has 0 atom stereocenters. The average Bonchev–Trinajstić information content (AvgIpc) is 2.46. The van der Waals surface area contributed by atoms with E-state index < -0.39 is 5.60 Å². The number of carbonyl (C=O) groups excluding carboxylic acids is 1. The Kier molecular flexibility index (Phi) is 5.31. The quantitative estimate of drug-likeness (QED) is 0.667. The molecule has 0 unspecified atom stereocenters. The highest BCUT2D eigenvalue weighted by molar-refractivity contribution is 9.12. The molecule has 1 heterocycles. The molecule has 1 fully saturated rings. The Morgan fingerprint density at radius 1 is 1.24 bits per heavy atom. The molecule has 2 aliphatic rings. The van der Waals surface area contributed by atoms with Crippen molar-refractivity contribution < 1.29 is 9.53 Å². The number of hydrogen-bond acceptors (Lipinski definition) is 2. The molecule has 116 valence electrons. The lowest BCUT2D eigenvalue weighted by molar-refractivity contribution is 0.0236. The van der Waals surface area contributed by atoms with Gasteiger partial charge in [0.15, 0.2) is 0 Å². The number of ether oxygens (including phenoxy) is 1. The number of piperidine rings is 1. The van der Waals surface area contributed by atoms with Crippen LogP contribution < -0.4 is 0 Å². The van der Waals surface area contributed by atoms with Crippen LogP contribution in [-0.4, -0.2) is 29.7 Å². The van der Waals surface area contributed by atoms with E-state index in [9.17, 15) is 4.79 Å². The summed E-state index contributed by atoms with van der Waals surface area (Å²) < 4.78 is 6.64. The second-order valence-corrected chi connectivity index (χ2v) is 7.32. The molecule has 1 saturated heterocycles. The molecular formula is C17H24BrNO2. The van der Waals surface area contributed by atoms with Crippen LogP contribution >= 0.6 is 15.9 Å². The summed E-state index contributed by atoms with van der Waals surface area (Å²) in [5, 5.41) is 0. The number of carbonyl (C=O) groups is 1. The molecule has 0 aromatic rings. The van der Waals surface area contributed by atoms with Crippen LogP contribution in [0.3, 0.4) is 0 Å². The van der Waals surface area contributed by atoms with Gasteiger partial charge in [-0.2, -0.15) is 0 Å². The lowest BCUT2D eigenvalue weighted by Gasteiger charge is -2.31. The summed E-state index contributed by atoms with van der Waals surface area (Å²) in [6.07, 6.45) is 10.5. The summed E-state index contributed by atoms with van der Waals surface area (Å²) in [6.45, 7) is 7.17. The Hall–Kier alpha value is -1.03. The van der Waals surface area contributed by atoms with Crippen molar-refractivity contribution in [3.8, 4) is 0 Å². The van der Waals surface area contributed by atoms with E-state index in [-0.39, 0.29) is 6.09 Å².